The van der Waals surface area contributed by atoms with Gasteiger partial charge in [0.1, 0.15) is 0 Å². The highest BCUT2D eigenvalue weighted by molar-refractivity contribution is 7.99. The molecule has 0 aliphatic carbocycles. The van der Waals surface area contributed by atoms with Crippen LogP contribution in [-0.4, -0.2) is 33.2 Å². The number of amides is 1. The fraction of sp³-hybridized carbons (Fsp3) is 0.235. The van der Waals surface area contributed by atoms with Crippen LogP contribution in [0.4, 0.5) is 8.78 Å². The summed E-state index contributed by atoms with van der Waals surface area (Å²) in [5.41, 5.74) is 1.26. The standard InChI is InChI=1S/C17H18F2N2O3S2/c1-12-2-8-15(9-3-12)26(23,24)21-11-10-20-16(22)13-4-6-14(7-5-13)25-17(18)19/h2-9,17,21H,10-11H2,1H3,(H,20,22). The minimum atomic E-state index is -3.63. The van der Waals surface area contributed by atoms with Gasteiger partial charge in [-0.05, 0) is 43.3 Å². The average molecular weight is 400 g/mol. The number of hydrogen-bond donors (Lipinski definition) is 2. The maximum atomic E-state index is 12.3. The molecular formula is C17H18F2N2O3S2. The molecule has 0 aromatic heterocycles. The molecule has 2 rings (SSSR count). The lowest BCUT2D eigenvalue weighted by Crippen LogP contribution is -2.34. The van der Waals surface area contributed by atoms with Crippen molar-refractivity contribution < 1.29 is 22.0 Å². The highest BCUT2D eigenvalue weighted by Crippen LogP contribution is 2.25. The lowest BCUT2D eigenvalue weighted by molar-refractivity contribution is 0.0954. The second-order valence-electron chi connectivity index (χ2n) is 5.37. The van der Waals surface area contributed by atoms with Gasteiger partial charge in [0.15, 0.2) is 0 Å². The molecule has 0 spiro atoms. The van der Waals surface area contributed by atoms with E-state index in [2.05, 4.69) is 10.0 Å². The number of rotatable bonds is 8. The van der Waals surface area contributed by atoms with Crippen LogP contribution in [0, 0.1) is 6.92 Å². The molecule has 0 aliphatic heterocycles. The predicted octanol–water partition coefficient (Wildman–Crippen LogP) is 3.02. The van der Waals surface area contributed by atoms with E-state index in [0.29, 0.717) is 22.2 Å². The van der Waals surface area contributed by atoms with Crippen LogP contribution in [0.2, 0.25) is 0 Å². The molecule has 5 nitrogen and oxygen atoms in total. The molecule has 0 unspecified atom stereocenters. The summed E-state index contributed by atoms with van der Waals surface area (Å²) in [5.74, 6) is -2.93. The molecule has 0 fully saturated rings. The van der Waals surface area contributed by atoms with Gasteiger partial charge in [-0.25, -0.2) is 13.1 Å². The first-order valence-corrected chi connectivity index (χ1v) is 10.0. The summed E-state index contributed by atoms with van der Waals surface area (Å²) in [7, 11) is -3.63. The zero-order valence-electron chi connectivity index (χ0n) is 13.9. The van der Waals surface area contributed by atoms with Crippen molar-refractivity contribution in [3.8, 4) is 0 Å². The third-order valence-electron chi connectivity index (χ3n) is 3.38. The van der Waals surface area contributed by atoms with Gasteiger partial charge in [0.25, 0.3) is 11.7 Å². The maximum absolute atomic E-state index is 12.3. The lowest BCUT2D eigenvalue weighted by Gasteiger charge is -2.09. The Morgan fingerprint density at radius 1 is 1.04 bits per heavy atom. The van der Waals surface area contributed by atoms with Crippen LogP contribution in [-0.2, 0) is 10.0 Å². The first-order chi connectivity index (χ1) is 12.3. The summed E-state index contributed by atoms with van der Waals surface area (Å²) < 4.78 is 51.1. The normalized spacial score (nSPS) is 11.5. The molecule has 0 saturated carbocycles. The van der Waals surface area contributed by atoms with Gasteiger partial charge < -0.3 is 5.32 Å². The SMILES string of the molecule is Cc1ccc(S(=O)(=O)NCCNC(=O)c2ccc(SC(F)F)cc2)cc1. The highest BCUT2D eigenvalue weighted by Gasteiger charge is 2.13. The van der Waals surface area contributed by atoms with E-state index in [1.165, 1.54) is 36.4 Å². The second-order valence-corrected chi connectivity index (χ2v) is 8.20. The van der Waals surface area contributed by atoms with Gasteiger partial charge in [0.05, 0.1) is 4.90 Å². The van der Waals surface area contributed by atoms with Gasteiger partial charge >= 0.3 is 0 Å². The molecule has 9 heteroatoms. The fourth-order valence-corrected chi connectivity index (χ4v) is 3.58. The molecule has 2 aromatic rings. The number of halogens is 2. The lowest BCUT2D eigenvalue weighted by atomic mass is 10.2. The summed E-state index contributed by atoms with van der Waals surface area (Å²) >= 11 is 0.400. The van der Waals surface area contributed by atoms with E-state index in [0.717, 1.165) is 5.56 Å². The number of carbonyl (C=O) groups excluding carboxylic acids is 1. The van der Waals surface area contributed by atoms with Crippen LogP contribution in [0.3, 0.4) is 0 Å². The summed E-state index contributed by atoms with van der Waals surface area (Å²) in [6, 6.07) is 12.2. The highest BCUT2D eigenvalue weighted by atomic mass is 32.2. The number of nitrogens with one attached hydrogen (secondary N) is 2. The average Bonchev–Trinajstić information content (AvgIpc) is 2.59. The first-order valence-electron chi connectivity index (χ1n) is 7.67. The predicted molar refractivity (Wildman–Crippen MR) is 97.0 cm³/mol. The smallest absolute Gasteiger partial charge is 0.288 e. The Hall–Kier alpha value is -1.97. The molecule has 1 amide bonds. The van der Waals surface area contributed by atoms with E-state index in [-0.39, 0.29) is 18.0 Å². The second kappa shape index (κ2) is 9.11. The number of benzene rings is 2. The van der Waals surface area contributed by atoms with Gasteiger partial charge in [0.2, 0.25) is 10.0 Å². The largest absolute Gasteiger partial charge is 0.351 e. The maximum Gasteiger partial charge on any atom is 0.288 e. The van der Waals surface area contributed by atoms with Gasteiger partial charge in [-0.2, -0.15) is 8.78 Å². The zero-order chi connectivity index (χ0) is 19.2. The molecule has 0 heterocycles. The topological polar surface area (TPSA) is 75.3 Å². The van der Waals surface area contributed by atoms with Crippen molar-refractivity contribution in [3.63, 3.8) is 0 Å². The van der Waals surface area contributed by atoms with Gasteiger partial charge in [-0.15, -0.1) is 0 Å². The van der Waals surface area contributed by atoms with Crippen LogP contribution < -0.4 is 10.0 Å². The number of aryl methyl sites for hydroxylation is 1. The Bertz CT molecular complexity index is 839. The first kappa shape index (κ1) is 20.3. The van der Waals surface area contributed by atoms with Crippen LogP contribution in [0.25, 0.3) is 0 Å². The van der Waals surface area contributed by atoms with Crippen LogP contribution in [0.5, 0.6) is 0 Å². The van der Waals surface area contributed by atoms with E-state index >= 15 is 0 Å². The van der Waals surface area contributed by atoms with Crippen molar-refractivity contribution in [2.75, 3.05) is 13.1 Å². The Morgan fingerprint density at radius 2 is 1.65 bits per heavy atom. The molecule has 2 aromatic carbocycles. The number of sulfonamides is 1. The summed E-state index contributed by atoms with van der Waals surface area (Å²) in [5, 5.41) is 2.57. The molecule has 0 aliphatic rings. The van der Waals surface area contributed by atoms with Crippen molar-refractivity contribution in [2.24, 2.45) is 0 Å². The summed E-state index contributed by atoms with van der Waals surface area (Å²) in [6.07, 6.45) is 0. The Labute approximate surface area is 155 Å². The molecule has 2 N–H and O–H groups in total. The molecule has 0 atom stereocenters. The van der Waals surface area contributed by atoms with Gasteiger partial charge in [0, 0.05) is 23.5 Å². The van der Waals surface area contributed by atoms with Crippen molar-refractivity contribution >= 4 is 27.7 Å². The molecule has 140 valence electrons. The van der Waals surface area contributed by atoms with E-state index in [9.17, 15) is 22.0 Å². The monoisotopic (exact) mass is 400 g/mol. The van der Waals surface area contributed by atoms with E-state index in [4.69, 9.17) is 0 Å². The molecule has 0 bridgehead atoms. The zero-order valence-corrected chi connectivity index (χ0v) is 15.5. The van der Waals surface area contributed by atoms with Crippen molar-refractivity contribution in [1.29, 1.82) is 0 Å². The van der Waals surface area contributed by atoms with Crippen molar-refractivity contribution in [3.05, 3.63) is 59.7 Å². The summed E-state index contributed by atoms with van der Waals surface area (Å²) in [6.45, 7) is 1.98. The quantitative estimate of drug-likeness (QED) is 0.528. The Balaban J connectivity index is 1.81. The Morgan fingerprint density at radius 3 is 2.23 bits per heavy atom. The van der Waals surface area contributed by atoms with E-state index < -0.39 is 21.7 Å². The molecule has 0 radical (unpaired) electrons. The number of hydrogen-bond acceptors (Lipinski definition) is 4. The van der Waals surface area contributed by atoms with E-state index in [1.807, 2.05) is 6.92 Å². The van der Waals surface area contributed by atoms with Crippen LogP contribution in [0.1, 0.15) is 15.9 Å². The van der Waals surface area contributed by atoms with Gasteiger partial charge in [-0.3, -0.25) is 4.79 Å². The third kappa shape index (κ3) is 6.08. The van der Waals surface area contributed by atoms with Gasteiger partial charge in [-0.1, -0.05) is 29.5 Å². The molecular weight excluding hydrogens is 382 g/mol. The van der Waals surface area contributed by atoms with Crippen LogP contribution >= 0.6 is 11.8 Å². The minimum Gasteiger partial charge on any atom is -0.351 e. The van der Waals surface area contributed by atoms with Crippen LogP contribution in [0.15, 0.2) is 58.3 Å². The van der Waals surface area contributed by atoms with Crippen molar-refractivity contribution in [2.45, 2.75) is 22.5 Å². The molecule has 26 heavy (non-hydrogen) atoms. The minimum absolute atomic E-state index is 0.0290. The number of thioether (sulfide) groups is 1. The fourth-order valence-electron chi connectivity index (χ4n) is 2.05. The summed E-state index contributed by atoms with van der Waals surface area (Å²) in [4.78, 5) is 12.5. The van der Waals surface area contributed by atoms with Crippen molar-refractivity contribution in [1.82, 2.24) is 10.0 Å². The molecule has 0 saturated heterocycles. The number of carbonyl (C=O) groups is 1. The number of alkyl halides is 2. The Kier molecular flexibility index (Phi) is 7.13. The van der Waals surface area contributed by atoms with E-state index in [1.54, 1.807) is 12.1 Å². The third-order valence-corrected chi connectivity index (χ3v) is 5.58.